The minimum Gasteiger partial charge on any atom is -0.756 e. The summed E-state index contributed by atoms with van der Waals surface area (Å²) in [6.45, 7) is 4.61. The van der Waals surface area contributed by atoms with Crippen LogP contribution in [0.5, 0.6) is 0 Å². The lowest BCUT2D eigenvalue weighted by molar-refractivity contribution is -0.870. The average molecular weight is 891 g/mol. The summed E-state index contributed by atoms with van der Waals surface area (Å²) < 4.78 is 23.2. The van der Waals surface area contributed by atoms with Crippen LogP contribution in [-0.4, -0.2) is 68.5 Å². The molecule has 0 aromatic carbocycles. The van der Waals surface area contributed by atoms with Crippen LogP contribution < -0.4 is 10.2 Å². The fraction of sp³-hybridized carbons (Fsp3) is 0.792. The lowest BCUT2D eigenvalue weighted by Gasteiger charge is -2.29. The monoisotopic (exact) mass is 891 g/mol. The number of nitrogens with zero attached hydrogens (tertiary/aromatic N) is 1. The molecule has 3 atom stereocenters. The number of aliphatic hydroxyl groups is 1. The van der Waals surface area contributed by atoms with Crippen molar-refractivity contribution in [3.8, 4) is 0 Å². The number of allylic oxidation sites excluding steroid dienone is 9. The number of nitrogens with one attached hydrogen (secondary N) is 1. The number of rotatable bonds is 46. The molecule has 0 aromatic heterocycles. The summed E-state index contributed by atoms with van der Waals surface area (Å²) in [5.74, 6) is -0.220. The molecule has 2 N–H and O–H groups in total. The van der Waals surface area contributed by atoms with Crippen molar-refractivity contribution >= 4 is 13.7 Å². The average Bonchev–Trinajstić information content (AvgIpc) is 3.23. The number of aliphatic hydroxyl groups excluding tert-OH is 1. The highest BCUT2D eigenvalue weighted by atomic mass is 31.2. The fourth-order valence-electron chi connectivity index (χ4n) is 7.10. The Morgan fingerprint density at radius 1 is 0.565 bits per heavy atom. The van der Waals surface area contributed by atoms with Crippen molar-refractivity contribution in [3.05, 3.63) is 60.8 Å². The van der Waals surface area contributed by atoms with Gasteiger partial charge in [-0.1, -0.05) is 197 Å². The number of amides is 1. The van der Waals surface area contributed by atoms with E-state index in [0.29, 0.717) is 17.4 Å². The molecular formula is C53H99N2O6P. The molecule has 62 heavy (non-hydrogen) atoms. The number of hydrogen-bond donors (Lipinski definition) is 2. The smallest absolute Gasteiger partial charge is 0.268 e. The predicted octanol–water partition coefficient (Wildman–Crippen LogP) is 14.3. The first-order chi connectivity index (χ1) is 30.0. The predicted molar refractivity (Wildman–Crippen MR) is 265 cm³/mol. The molecule has 0 spiro atoms. The van der Waals surface area contributed by atoms with Crippen LogP contribution in [0.4, 0.5) is 0 Å². The van der Waals surface area contributed by atoms with E-state index >= 15 is 0 Å². The Bertz CT molecular complexity index is 1190. The van der Waals surface area contributed by atoms with Crippen molar-refractivity contribution in [1.29, 1.82) is 0 Å². The molecule has 0 fully saturated rings. The maximum absolute atomic E-state index is 12.9. The summed E-state index contributed by atoms with van der Waals surface area (Å²) in [7, 11) is 1.22. The van der Waals surface area contributed by atoms with Gasteiger partial charge in [0.2, 0.25) is 5.91 Å². The minimum atomic E-state index is -4.61. The first kappa shape index (κ1) is 60.2. The van der Waals surface area contributed by atoms with Gasteiger partial charge in [-0.3, -0.25) is 9.36 Å². The SMILES string of the molecule is CCCCCCCCC/C=C/CC/C=C/CC/C=C/C(O)C(COP(=O)([O-])OCC[N+](C)(C)C)NC(=O)CCCCCCCCC/C=C\C/C=C\CCCCCCCCCCC. The highest BCUT2D eigenvalue weighted by Crippen LogP contribution is 2.38. The van der Waals surface area contributed by atoms with Crippen LogP contribution in [0.3, 0.4) is 0 Å². The van der Waals surface area contributed by atoms with Crippen LogP contribution in [0.2, 0.25) is 0 Å². The van der Waals surface area contributed by atoms with Crippen molar-refractivity contribution in [2.45, 2.75) is 231 Å². The van der Waals surface area contributed by atoms with Crippen LogP contribution in [0.1, 0.15) is 219 Å². The molecule has 8 nitrogen and oxygen atoms in total. The van der Waals surface area contributed by atoms with E-state index in [1.165, 1.54) is 135 Å². The normalized spacial score (nSPS) is 14.6. The molecule has 0 saturated carbocycles. The van der Waals surface area contributed by atoms with Crippen LogP contribution in [0.15, 0.2) is 60.8 Å². The minimum absolute atomic E-state index is 0.0127. The molecule has 0 aliphatic rings. The first-order valence-corrected chi connectivity index (χ1v) is 27.1. The van der Waals surface area contributed by atoms with Gasteiger partial charge >= 0.3 is 0 Å². The Balaban J connectivity index is 4.38. The molecule has 0 aliphatic carbocycles. The summed E-state index contributed by atoms with van der Waals surface area (Å²) in [5.41, 5.74) is 0. The van der Waals surface area contributed by atoms with Gasteiger partial charge in [0.1, 0.15) is 13.2 Å². The maximum Gasteiger partial charge on any atom is 0.268 e. The van der Waals surface area contributed by atoms with Crippen molar-refractivity contribution in [2.24, 2.45) is 0 Å². The number of unbranched alkanes of at least 4 members (excludes halogenated alkanes) is 25. The molecule has 0 radical (unpaired) electrons. The third-order valence-electron chi connectivity index (χ3n) is 11.2. The molecule has 362 valence electrons. The van der Waals surface area contributed by atoms with Gasteiger partial charge in [0, 0.05) is 6.42 Å². The highest BCUT2D eigenvalue weighted by Gasteiger charge is 2.23. The lowest BCUT2D eigenvalue weighted by atomic mass is 10.1. The summed E-state index contributed by atoms with van der Waals surface area (Å²) in [6.07, 6.45) is 58.5. The second-order valence-corrected chi connectivity index (χ2v) is 19.9. The van der Waals surface area contributed by atoms with Crippen LogP contribution in [-0.2, 0) is 18.4 Å². The van der Waals surface area contributed by atoms with Gasteiger partial charge < -0.3 is 28.8 Å². The molecule has 0 aliphatic heterocycles. The molecule has 0 rings (SSSR count). The third kappa shape index (κ3) is 46.2. The molecule has 0 saturated heterocycles. The van der Waals surface area contributed by atoms with Crippen molar-refractivity contribution in [2.75, 3.05) is 40.9 Å². The third-order valence-corrected chi connectivity index (χ3v) is 12.1. The Kier molecular flexibility index (Phi) is 43.1. The van der Waals surface area contributed by atoms with Crippen molar-refractivity contribution in [3.63, 3.8) is 0 Å². The van der Waals surface area contributed by atoms with E-state index in [0.717, 1.165) is 64.2 Å². The Morgan fingerprint density at radius 3 is 1.40 bits per heavy atom. The number of likely N-dealkylation sites (N-methyl/N-ethyl adjacent to an activating group) is 1. The van der Waals surface area contributed by atoms with Crippen molar-refractivity contribution < 1.29 is 32.9 Å². The zero-order chi connectivity index (χ0) is 45.7. The molecule has 9 heteroatoms. The molecule has 3 unspecified atom stereocenters. The zero-order valence-electron chi connectivity index (χ0n) is 41.1. The molecule has 0 bridgehead atoms. The molecule has 1 amide bonds. The maximum atomic E-state index is 12.9. The summed E-state index contributed by atoms with van der Waals surface area (Å²) in [4.78, 5) is 25.4. The van der Waals surface area contributed by atoms with Gasteiger partial charge in [-0.15, -0.1) is 0 Å². The van der Waals surface area contributed by atoms with Crippen LogP contribution in [0, 0.1) is 0 Å². The largest absolute Gasteiger partial charge is 0.756 e. The van der Waals surface area contributed by atoms with Crippen molar-refractivity contribution in [1.82, 2.24) is 5.32 Å². The second-order valence-electron chi connectivity index (χ2n) is 18.5. The van der Waals surface area contributed by atoms with E-state index < -0.39 is 26.6 Å². The Labute approximate surface area is 383 Å². The highest BCUT2D eigenvalue weighted by molar-refractivity contribution is 7.45. The fourth-order valence-corrected chi connectivity index (χ4v) is 7.82. The Morgan fingerprint density at radius 2 is 0.952 bits per heavy atom. The Hall–Kier alpha value is -1.80. The summed E-state index contributed by atoms with van der Waals surface area (Å²) in [6, 6.07) is -0.916. The van der Waals surface area contributed by atoms with E-state index in [9.17, 15) is 19.4 Å². The van der Waals surface area contributed by atoms with E-state index in [1.807, 2.05) is 27.2 Å². The van der Waals surface area contributed by atoms with Crippen LogP contribution in [0.25, 0.3) is 0 Å². The number of carbonyl (C=O) groups excluding carboxylic acids is 1. The number of phosphoric ester groups is 1. The topological polar surface area (TPSA) is 108 Å². The van der Waals surface area contributed by atoms with E-state index in [1.54, 1.807) is 6.08 Å². The second kappa shape index (κ2) is 44.4. The lowest BCUT2D eigenvalue weighted by Crippen LogP contribution is -2.45. The number of phosphoric acid groups is 1. The van der Waals surface area contributed by atoms with Gasteiger partial charge in [-0.25, -0.2) is 0 Å². The molecule has 0 aromatic rings. The standard InChI is InChI=1S/C53H99N2O6P/c1-6-8-10-12-14-16-18-20-22-24-25-26-27-28-29-31-33-35-37-39-41-43-45-47-53(57)54-51(50-61-62(58,59)60-49-48-55(3,4)5)52(56)46-44-42-40-38-36-34-32-30-23-21-19-17-15-13-11-9-7-2/h23,25-26,28-30,36,38,44,46,51-52,56H,6-22,24,27,31-35,37,39-43,45,47-50H2,1-5H3,(H-,54,57,58,59)/b26-25-,29-28-,30-23+,38-36+,46-44+. The quantitative estimate of drug-likeness (QED) is 0.0273. The number of hydrogen-bond acceptors (Lipinski definition) is 6. The van der Waals surface area contributed by atoms with E-state index in [4.69, 9.17) is 9.05 Å². The van der Waals surface area contributed by atoms with Crippen LogP contribution >= 0.6 is 7.82 Å². The van der Waals surface area contributed by atoms with Gasteiger partial charge in [0.15, 0.2) is 0 Å². The summed E-state index contributed by atoms with van der Waals surface area (Å²) >= 11 is 0. The van der Waals surface area contributed by atoms with E-state index in [-0.39, 0.29) is 12.5 Å². The number of carbonyl (C=O) groups is 1. The van der Waals surface area contributed by atoms with Gasteiger partial charge in [0.05, 0.1) is 39.9 Å². The molecule has 0 heterocycles. The van der Waals surface area contributed by atoms with Gasteiger partial charge in [-0.2, -0.15) is 0 Å². The van der Waals surface area contributed by atoms with E-state index in [2.05, 4.69) is 67.8 Å². The first-order valence-electron chi connectivity index (χ1n) is 25.7. The molecular weight excluding hydrogens is 792 g/mol. The summed E-state index contributed by atoms with van der Waals surface area (Å²) in [5, 5.41) is 13.8. The number of quaternary nitrogens is 1. The van der Waals surface area contributed by atoms with Gasteiger partial charge in [0.25, 0.3) is 7.82 Å². The van der Waals surface area contributed by atoms with Gasteiger partial charge in [-0.05, 0) is 77.0 Å². The zero-order valence-corrected chi connectivity index (χ0v) is 42.0.